The van der Waals surface area contributed by atoms with Crippen LogP contribution in [0, 0.1) is 0 Å². The normalized spacial score (nSPS) is 28.8. The van der Waals surface area contributed by atoms with Crippen LogP contribution < -0.4 is 10.2 Å². The molecular formula is C13H21N5O. The summed E-state index contributed by atoms with van der Waals surface area (Å²) in [6.07, 6.45) is 4.41. The van der Waals surface area contributed by atoms with Crippen LogP contribution in [0.5, 0.6) is 0 Å². The molecule has 1 aromatic heterocycles. The lowest BCUT2D eigenvalue weighted by Gasteiger charge is -2.37. The lowest BCUT2D eigenvalue weighted by molar-refractivity contribution is 0.0193. The molecule has 6 nitrogen and oxygen atoms in total. The maximum Gasteiger partial charge on any atom is 0.225 e. The lowest BCUT2D eigenvalue weighted by Crippen LogP contribution is -2.53. The summed E-state index contributed by atoms with van der Waals surface area (Å²) in [5.41, 5.74) is -0.536. The second kappa shape index (κ2) is 5.40. The number of nitrogens with one attached hydrogen (secondary N) is 1. The van der Waals surface area contributed by atoms with Crippen LogP contribution in [0.3, 0.4) is 0 Å². The number of rotatable bonds is 3. The van der Waals surface area contributed by atoms with E-state index in [1.807, 2.05) is 6.07 Å². The van der Waals surface area contributed by atoms with Crippen molar-refractivity contribution >= 4 is 5.95 Å². The van der Waals surface area contributed by atoms with E-state index in [0.29, 0.717) is 0 Å². The zero-order valence-corrected chi connectivity index (χ0v) is 11.1. The summed E-state index contributed by atoms with van der Waals surface area (Å²) in [5.74, 6) is 0.809. The van der Waals surface area contributed by atoms with Crippen molar-refractivity contribution in [3.05, 3.63) is 18.5 Å². The Kier molecular flexibility index (Phi) is 3.63. The van der Waals surface area contributed by atoms with Gasteiger partial charge in [0.1, 0.15) is 0 Å². The van der Waals surface area contributed by atoms with Gasteiger partial charge in [-0.05, 0) is 19.0 Å². The summed E-state index contributed by atoms with van der Waals surface area (Å²) in [7, 11) is 0. The summed E-state index contributed by atoms with van der Waals surface area (Å²) < 4.78 is 0. The molecule has 0 saturated carbocycles. The van der Waals surface area contributed by atoms with E-state index in [9.17, 15) is 5.11 Å². The summed E-state index contributed by atoms with van der Waals surface area (Å²) in [5, 5.41) is 13.6. The maximum atomic E-state index is 10.4. The molecule has 2 aliphatic rings. The van der Waals surface area contributed by atoms with E-state index in [1.165, 1.54) is 0 Å². The Hall–Kier alpha value is -1.24. The molecule has 1 atom stereocenters. The van der Waals surface area contributed by atoms with Gasteiger partial charge in [0, 0.05) is 51.7 Å². The SMILES string of the molecule is O[C@]1(CN2CCN(c3ncccn3)CC2)CCNC1. The third kappa shape index (κ3) is 3.02. The Morgan fingerprint density at radius 2 is 1.95 bits per heavy atom. The summed E-state index contributed by atoms with van der Waals surface area (Å²) in [6.45, 7) is 6.18. The number of piperazine rings is 1. The largest absolute Gasteiger partial charge is 0.387 e. The van der Waals surface area contributed by atoms with Crippen LogP contribution in [0.1, 0.15) is 6.42 Å². The van der Waals surface area contributed by atoms with Crippen molar-refractivity contribution in [2.24, 2.45) is 0 Å². The van der Waals surface area contributed by atoms with Gasteiger partial charge in [-0.3, -0.25) is 4.90 Å². The summed E-state index contributed by atoms with van der Waals surface area (Å²) in [4.78, 5) is 13.1. The van der Waals surface area contributed by atoms with Crippen LogP contribution in [0.15, 0.2) is 18.5 Å². The Balaban J connectivity index is 1.52. The molecule has 0 unspecified atom stereocenters. The fraction of sp³-hybridized carbons (Fsp3) is 0.692. The number of anilines is 1. The van der Waals surface area contributed by atoms with Gasteiger partial charge in [0.25, 0.3) is 0 Å². The highest BCUT2D eigenvalue weighted by atomic mass is 16.3. The van der Waals surface area contributed by atoms with Crippen LogP contribution in [0.2, 0.25) is 0 Å². The molecule has 6 heteroatoms. The quantitative estimate of drug-likeness (QED) is 0.753. The molecule has 104 valence electrons. The smallest absolute Gasteiger partial charge is 0.225 e. The number of β-amino-alcohol motifs (C(OH)–C–C–N with tert-alkyl or cyclic N) is 1. The van der Waals surface area contributed by atoms with Crippen molar-refractivity contribution in [3.63, 3.8) is 0 Å². The first-order valence-corrected chi connectivity index (χ1v) is 6.93. The fourth-order valence-electron chi connectivity index (χ4n) is 2.84. The van der Waals surface area contributed by atoms with E-state index in [0.717, 1.165) is 58.2 Å². The Morgan fingerprint density at radius 1 is 1.21 bits per heavy atom. The molecule has 2 N–H and O–H groups in total. The standard InChI is InChI=1S/C13H21N5O/c19-13(2-5-14-10-13)11-17-6-8-18(9-7-17)12-15-3-1-4-16-12/h1,3-4,14,19H,2,5-11H2/t13-/m1/s1. The molecular weight excluding hydrogens is 242 g/mol. The molecule has 0 aliphatic carbocycles. The summed E-state index contributed by atoms with van der Waals surface area (Å²) >= 11 is 0. The average molecular weight is 263 g/mol. The van der Waals surface area contributed by atoms with Crippen molar-refractivity contribution in [2.45, 2.75) is 12.0 Å². The highest BCUT2D eigenvalue weighted by Gasteiger charge is 2.34. The van der Waals surface area contributed by atoms with Gasteiger partial charge in [0.05, 0.1) is 5.60 Å². The minimum atomic E-state index is -0.536. The molecule has 1 aromatic rings. The predicted octanol–water partition coefficient (Wildman–Crippen LogP) is -0.677. The molecule has 2 fully saturated rings. The minimum absolute atomic E-state index is 0.536. The van der Waals surface area contributed by atoms with E-state index in [1.54, 1.807) is 12.4 Å². The van der Waals surface area contributed by atoms with Crippen molar-refractivity contribution in [2.75, 3.05) is 50.7 Å². The molecule has 0 bridgehead atoms. The fourth-order valence-corrected chi connectivity index (χ4v) is 2.84. The van der Waals surface area contributed by atoms with Crippen molar-refractivity contribution in [1.82, 2.24) is 20.2 Å². The van der Waals surface area contributed by atoms with E-state index >= 15 is 0 Å². The molecule has 3 heterocycles. The van der Waals surface area contributed by atoms with Gasteiger partial charge >= 0.3 is 0 Å². The van der Waals surface area contributed by atoms with Gasteiger partial charge in [-0.15, -0.1) is 0 Å². The third-order valence-corrected chi connectivity index (χ3v) is 3.95. The number of aliphatic hydroxyl groups is 1. The van der Waals surface area contributed by atoms with Crippen LogP contribution in [0.4, 0.5) is 5.95 Å². The molecule has 2 saturated heterocycles. The zero-order chi connectivity index (χ0) is 13.1. The second-order valence-corrected chi connectivity index (χ2v) is 5.46. The van der Waals surface area contributed by atoms with Crippen LogP contribution in [-0.2, 0) is 0 Å². The molecule has 0 radical (unpaired) electrons. The predicted molar refractivity (Wildman–Crippen MR) is 73.1 cm³/mol. The van der Waals surface area contributed by atoms with Gasteiger partial charge in [-0.25, -0.2) is 9.97 Å². The van der Waals surface area contributed by atoms with Crippen molar-refractivity contribution in [1.29, 1.82) is 0 Å². The highest BCUT2D eigenvalue weighted by Crippen LogP contribution is 2.18. The number of nitrogens with zero attached hydrogens (tertiary/aromatic N) is 4. The van der Waals surface area contributed by atoms with Crippen LogP contribution in [-0.4, -0.2) is 71.4 Å². The van der Waals surface area contributed by atoms with Gasteiger partial charge in [0.15, 0.2) is 0 Å². The van der Waals surface area contributed by atoms with Gasteiger partial charge in [-0.1, -0.05) is 0 Å². The number of hydrogen-bond acceptors (Lipinski definition) is 6. The molecule has 2 aliphatic heterocycles. The highest BCUT2D eigenvalue weighted by molar-refractivity contribution is 5.29. The average Bonchev–Trinajstić information content (AvgIpc) is 2.87. The van der Waals surface area contributed by atoms with Gasteiger partial charge < -0.3 is 15.3 Å². The Morgan fingerprint density at radius 3 is 2.58 bits per heavy atom. The minimum Gasteiger partial charge on any atom is -0.387 e. The van der Waals surface area contributed by atoms with Crippen LogP contribution >= 0.6 is 0 Å². The van der Waals surface area contributed by atoms with Crippen molar-refractivity contribution < 1.29 is 5.11 Å². The molecule has 19 heavy (non-hydrogen) atoms. The number of aromatic nitrogens is 2. The topological polar surface area (TPSA) is 64.5 Å². The van der Waals surface area contributed by atoms with Gasteiger partial charge in [0.2, 0.25) is 5.95 Å². The molecule has 0 amide bonds. The van der Waals surface area contributed by atoms with E-state index in [2.05, 4.69) is 25.1 Å². The zero-order valence-electron chi connectivity index (χ0n) is 11.1. The molecule has 0 spiro atoms. The molecule has 3 rings (SSSR count). The van der Waals surface area contributed by atoms with E-state index in [4.69, 9.17) is 0 Å². The maximum absolute atomic E-state index is 10.4. The Labute approximate surface area is 113 Å². The number of hydrogen-bond donors (Lipinski definition) is 2. The lowest BCUT2D eigenvalue weighted by atomic mass is 10.0. The Bertz CT molecular complexity index is 399. The first-order chi connectivity index (χ1) is 9.25. The monoisotopic (exact) mass is 263 g/mol. The first kappa shape index (κ1) is 12.8. The van der Waals surface area contributed by atoms with Crippen LogP contribution in [0.25, 0.3) is 0 Å². The van der Waals surface area contributed by atoms with Crippen molar-refractivity contribution in [3.8, 4) is 0 Å². The van der Waals surface area contributed by atoms with Gasteiger partial charge in [-0.2, -0.15) is 0 Å². The second-order valence-electron chi connectivity index (χ2n) is 5.46. The van der Waals surface area contributed by atoms with E-state index < -0.39 is 5.60 Å². The summed E-state index contributed by atoms with van der Waals surface area (Å²) in [6, 6.07) is 1.84. The molecule has 0 aromatic carbocycles. The van der Waals surface area contributed by atoms with E-state index in [-0.39, 0.29) is 0 Å². The third-order valence-electron chi connectivity index (χ3n) is 3.95. The first-order valence-electron chi connectivity index (χ1n) is 6.93.